The molecule has 0 saturated heterocycles. The van der Waals surface area contributed by atoms with E-state index in [0.29, 0.717) is 17.6 Å². The summed E-state index contributed by atoms with van der Waals surface area (Å²) in [6, 6.07) is 5.47. The van der Waals surface area contributed by atoms with Gasteiger partial charge in [-0.05, 0) is 37.8 Å². The number of hydrogen-bond acceptors (Lipinski definition) is 1. The van der Waals surface area contributed by atoms with Gasteiger partial charge in [-0.25, -0.2) is 4.39 Å². The van der Waals surface area contributed by atoms with Crippen molar-refractivity contribution >= 4 is 5.69 Å². The lowest BCUT2D eigenvalue weighted by Crippen LogP contribution is -2.18. The van der Waals surface area contributed by atoms with Crippen molar-refractivity contribution in [2.75, 3.05) is 5.32 Å². The number of nitrogens with one attached hydrogen (secondary N) is 1. The van der Waals surface area contributed by atoms with E-state index in [0.717, 1.165) is 12.0 Å². The molecule has 1 N–H and O–H groups in total. The Balaban J connectivity index is 2.71. The van der Waals surface area contributed by atoms with E-state index in [2.05, 4.69) is 26.1 Å². The van der Waals surface area contributed by atoms with Crippen molar-refractivity contribution in [1.82, 2.24) is 0 Å². The number of anilines is 1. The Kier molecular flexibility index (Phi) is 4.13. The van der Waals surface area contributed by atoms with Gasteiger partial charge in [0, 0.05) is 6.04 Å². The van der Waals surface area contributed by atoms with Crippen molar-refractivity contribution in [3.63, 3.8) is 0 Å². The Labute approximate surface area is 91.7 Å². The second-order valence-electron chi connectivity index (χ2n) is 4.61. The Morgan fingerprint density at radius 3 is 2.47 bits per heavy atom. The minimum Gasteiger partial charge on any atom is -0.380 e. The van der Waals surface area contributed by atoms with Crippen molar-refractivity contribution in [1.29, 1.82) is 0 Å². The smallest absolute Gasteiger partial charge is 0.146 e. The second-order valence-corrected chi connectivity index (χ2v) is 4.61. The normalized spacial score (nSPS) is 12.9. The van der Waals surface area contributed by atoms with Gasteiger partial charge in [0.05, 0.1) is 5.69 Å². The van der Waals surface area contributed by atoms with E-state index in [1.54, 1.807) is 6.07 Å². The van der Waals surface area contributed by atoms with Gasteiger partial charge < -0.3 is 5.32 Å². The standard InChI is InChI=1S/C13H20FN/c1-9(2)8-11(4)15-13-10(3)6-5-7-12(13)14/h5-7,9,11,15H,8H2,1-4H3. The Morgan fingerprint density at radius 1 is 1.27 bits per heavy atom. The number of para-hydroxylation sites is 1. The Morgan fingerprint density at radius 2 is 1.93 bits per heavy atom. The largest absolute Gasteiger partial charge is 0.380 e. The van der Waals surface area contributed by atoms with E-state index < -0.39 is 0 Å². The Bertz CT molecular complexity index is 300. The third-order valence-electron chi connectivity index (χ3n) is 2.44. The van der Waals surface area contributed by atoms with E-state index in [-0.39, 0.29) is 5.82 Å². The van der Waals surface area contributed by atoms with Crippen LogP contribution in [0.2, 0.25) is 0 Å². The van der Waals surface area contributed by atoms with Crippen LogP contribution in [0, 0.1) is 18.7 Å². The monoisotopic (exact) mass is 209 g/mol. The van der Waals surface area contributed by atoms with Gasteiger partial charge >= 0.3 is 0 Å². The van der Waals surface area contributed by atoms with Gasteiger partial charge in [0.25, 0.3) is 0 Å². The molecule has 2 heteroatoms. The molecular weight excluding hydrogens is 189 g/mol. The molecule has 0 spiro atoms. The highest BCUT2D eigenvalue weighted by Gasteiger charge is 2.09. The summed E-state index contributed by atoms with van der Waals surface area (Å²) < 4.78 is 13.5. The first-order valence-electron chi connectivity index (χ1n) is 5.52. The average molecular weight is 209 g/mol. The van der Waals surface area contributed by atoms with Gasteiger partial charge in [0.2, 0.25) is 0 Å². The molecule has 1 rings (SSSR count). The highest BCUT2D eigenvalue weighted by molar-refractivity contribution is 5.52. The molecule has 1 unspecified atom stereocenters. The van der Waals surface area contributed by atoms with Gasteiger partial charge in [-0.1, -0.05) is 26.0 Å². The summed E-state index contributed by atoms with van der Waals surface area (Å²) in [6.45, 7) is 8.36. The summed E-state index contributed by atoms with van der Waals surface area (Å²) in [6.07, 6.45) is 1.05. The molecule has 0 aliphatic heterocycles. The van der Waals surface area contributed by atoms with E-state index in [1.807, 2.05) is 13.0 Å². The number of halogens is 1. The number of rotatable bonds is 4. The van der Waals surface area contributed by atoms with Crippen LogP contribution in [0.3, 0.4) is 0 Å². The molecule has 1 aromatic rings. The van der Waals surface area contributed by atoms with Crippen LogP contribution in [0.25, 0.3) is 0 Å². The first-order chi connectivity index (χ1) is 7.00. The summed E-state index contributed by atoms with van der Waals surface area (Å²) in [5.41, 5.74) is 1.61. The van der Waals surface area contributed by atoms with Crippen LogP contribution in [0.1, 0.15) is 32.8 Å². The fourth-order valence-corrected chi connectivity index (χ4v) is 1.83. The second kappa shape index (κ2) is 5.15. The quantitative estimate of drug-likeness (QED) is 0.791. The average Bonchev–Trinajstić information content (AvgIpc) is 2.10. The fourth-order valence-electron chi connectivity index (χ4n) is 1.83. The van der Waals surface area contributed by atoms with E-state index in [4.69, 9.17) is 0 Å². The molecule has 0 saturated carbocycles. The van der Waals surface area contributed by atoms with Crippen molar-refractivity contribution in [2.45, 2.75) is 40.2 Å². The lowest BCUT2D eigenvalue weighted by molar-refractivity contribution is 0.535. The molecule has 15 heavy (non-hydrogen) atoms. The maximum absolute atomic E-state index is 13.5. The lowest BCUT2D eigenvalue weighted by Gasteiger charge is -2.19. The zero-order valence-corrected chi connectivity index (χ0v) is 9.97. The molecular formula is C13H20FN. The van der Waals surface area contributed by atoms with Gasteiger partial charge in [0.15, 0.2) is 0 Å². The highest BCUT2D eigenvalue weighted by Crippen LogP contribution is 2.21. The molecule has 0 aliphatic carbocycles. The van der Waals surface area contributed by atoms with Crippen molar-refractivity contribution in [3.05, 3.63) is 29.6 Å². The molecule has 1 atom stereocenters. The van der Waals surface area contributed by atoms with E-state index in [9.17, 15) is 4.39 Å². The first-order valence-corrected chi connectivity index (χ1v) is 5.52. The topological polar surface area (TPSA) is 12.0 Å². The lowest BCUT2D eigenvalue weighted by atomic mass is 10.0. The minimum atomic E-state index is -0.161. The molecule has 0 bridgehead atoms. The van der Waals surface area contributed by atoms with Crippen LogP contribution in [0.5, 0.6) is 0 Å². The van der Waals surface area contributed by atoms with Crippen molar-refractivity contribution < 1.29 is 4.39 Å². The zero-order chi connectivity index (χ0) is 11.4. The fraction of sp³-hybridized carbons (Fsp3) is 0.538. The third-order valence-corrected chi connectivity index (χ3v) is 2.44. The Hall–Kier alpha value is -1.05. The molecule has 0 fully saturated rings. The van der Waals surface area contributed by atoms with E-state index in [1.165, 1.54) is 6.07 Å². The van der Waals surface area contributed by atoms with Crippen LogP contribution < -0.4 is 5.32 Å². The molecule has 1 nitrogen and oxygen atoms in total. The van der Waals surface area contributed by atoms with Crippen LogP contribution in [0.4, 0.5) is 10.1 Å². The highest BCUT2D eigenvalue weighted by atomic mass is 19.1. The molecule has 0 aromatic heterocycles. The van der Waals surface area contributed by atoms with Crippen molar-refractivity contribution in [2.24, 2.45) is 5.92 Å². The van der Waals surface area contributed by atoms with Gasteiger partial charge in [-0.15, -0.1) is 0 Å². The summed E-state index contributed by atoms with van der Waals surface area (Å²) in [4.78, 5) is 0. The molecule has 0 heterocycles. The molecule has 0 aliphatic rings. The van der Waals surface area contributed by atoms with Crippen LogP contribution in [-0.4, -0.2) is 6.04 Å². The summed E-state index contributed by atoms with van der Waals surface area (Å²) >= 11 is 0. The third kappa shape index (κ3) is 3.54. The summed E-state index contributed by atoms with van der Waals surface area (Å²) in [5, 5.41) is 3.23. The number of hydrogen-bond donors (Lipinski definition) is 1. The maximum atomic E-state index is 13.5. The van der Waals surface area contributed by atoms with Gasteiger partial charge in [0.1, 0.15) is 5.82 Å². The molecule has 0 amide bonds. The minimum absolute atomic E-state index is 0.161. The van der Waals surface area contributed by atoms with Crippen LogP contribution >= 0.6 is 0 Å². The summed E-state index contributed by atoms with van der Waals surface area (Å²) in [5.74, 6) is 0.463. The zero-order valence-electron chi connectivity index (χ0n) is 9.97. The number of benzene rings is 1. The number of aryl methyl sites for hydroxylation is 1. The predicted molar refractivity (Wildman–Crippen MR) is 63.7 cm³/mol. The first kappa shape index (κ1) is 12.0. The van der Waals surface area contributed by atoms with E-state index >= 15 is 0 Å². The predicted octanol–water partition coefficient (Wildman–Crippen LogP) is 3.98. The SMILES string of the molecule is Cc1cccc(F)c1NC(C)CC(C)C. The molecule has 1 aromatic carbocycles. The van der Waals surface area contributed by atoms with Crippen molar-refractivity contribution in [3.8, 4) is 0 Å². The molecule has 0 radical (unpaired) electrons. The van der Waals surface area contributed by atoms with Gasteiger partial charge in [-0.3, -0.25) is 0 Å². The van der Waals surface area contributed by atoms with Gasteiger partial charge in [-0.2, -0.15) is 0 Å². The summed E-state index contributed by atoms with van der Waals surface area (Å²) in [7, 11) is 0. The maximum Gasteiger partial charge on any atom is 0.146 e. The van der Waals surface area contributed by atoms with Crippen LogP contribution in [-0.2, 0) is 0 Å². The molecule has 84 valence electrons. The van der Waals surface area contributed by atoms with Crippen LogP contribution in [0.15, 0.2) is 18.2 Å².